The van der Waals surface area contributed by atoms with Crippen LogP contribution in [0.3, 0.4) is 0 Å². The topological polar surface area (TPSA) is 116 Å². The zero-order chi connectivity index (χ0) is 18.2. The molecule has 0 aromatic carbocycles. The van der Waals surface area contributed by atoms with Crippen molar-refractivity contribution in [3.8, 4) is 0 Å². The van der Waals surface area contributed by atoms with Crippen LogP contribution in [0.2, 0.25) is 0 Å². The summed E-state index contributed by atoms with van der Waals surface area (Å²) >= 11 is 0. The van der Waals surface area contributed by atoms with E-state index in [1.807, 2.05) is 11.8 Å². The number of aromatic nitrogens is 4. The molecule has 2 aromatic rings. The Morgan fingerprint density at radius 2 is 2.24 bits per heavy atom. The quantitative estimate of drug-likeness (QED) is 0.761. The van der Waals surface area contributed by atoms with Crippen molar-refractivity contribution >= 4 is 22.9 Å². The number of hydrogen-bond acceptors (Lipinski definition) is 7. The SMILES string of the molecule is Cc1[nH]nc2ncnc(N3CCC(CO)(NC(=O)OC(C)(C)C)C3)c12. The Morgan fingerprint density at radius 3 is 2.92 bits per heavy atom. The third-order valence-corrected chi connectivity index (χ3v) is 4.23. The molecule has 3 N–H and O–H groups in total. The Morgan fingerprint density at radius 1 is 1.48 bits per heavy atom. The molecule has 2 aromatic heterocycles. The smallest absolute Gasteiger partial charge is 0.408 e. The van der Waals surface area contributed by atoms with E-state index in [9.17, 15) is 9.90 Å². The fourth-order valence-electron chi connectivity index (χ4n) is 3.06. The van der Waals surface area contributed by atoms with Gasteiger partial charge in [-0.15, -0.1) is 0 Å². The van der Waals surface area contributed by atoms with Gasteiger partial charge in [0.05, 0.1) is 17.5 Å². The molecule has 0 radical (unpaired) electrons. The molecule has 1 atom stereocenters. The Labute approximate surface area is 145 Å². The number of aromatic amines is 1. The number of hydrogen-bond donors (Lipinski definition) is 3. The number of ether oxygens (including phenoxy) is 1. The monoisotopic (exact) mass is 348 g/mol. The summed E-state index contributed by atoms with van der Waals surface area (Å²) in [6.45, 7) is 8.22. The molecule has 9 nitrogen and oxygen atoms in total. The minimum Gasteiger partial charge on any atom is -0.444 e. The van der Waals surface area contributed by atoms with Crippen molar-refractivity contribution in [1.29, 1.82) is 0 Å². The summed E-state index contributed by atoms with van der Waals surface area (Å²) in [5.41, 5.74) is 0.125. The minimum absolute atomic E-state index is 0.179. The fourth-order valence-corrected chi connectivity index (χ4v) is 3.06. The summed E-state index contributed by atoms with van der Waals surface area (Å²) in [4.78, 5) is 22.7. The van der Waals surface area contributed by atoms with Crippen LogP contribution >= 0.6 is 0 Å². The molecule has 1 aliphatic heterocycles. The normalized spacial score (nSPS) is 20.9. The second kappa shape index (κ2) is 6.14. The van der Waals surface area contributed by atoms with Crippen LogP contribution in [0.1, 0.15) is 32.9 Å². The van der Waals surface area contributed by atoms with Gasteiger partial charge in [-0.1, -0.05) is 0 Å². The van der Waals surface area contributed by atoms with Gasteiger partial charge in [-0.3, -0.25) is 5.10 Å². The van der Waals surface area contributed by atoms with Crippen LogP contribution in [-0.4, -0.2) is 62.2 Å². The van der Waals surface area contributed by atoms with Crippen molar-refractivity contribution in [2.45, 2.75) is 45.3 Å². The number of rotatable bonds is 3. The zero-order valence-corrected chi connectivity index (χ0v) is 15.0. The number of fused-ring (bicyclic) bond motifs is 1. The van der Waals surface area contributed by atoms with Crippen LogP contribution in [0.25, 0.3) is 11.0 Å². The molecule has 1 saturated heterocycles. The van der Waals surface area contributed by atoms with Gasteiger partial charge in [-0.2, -0.15) is 5.10 Å². The van der Waals surface area contributed by atoms with Gasteiger partial charge in [-0.05, 0) is 34.1 Å². The molecule has 9 heteroatoms. The van der Waals surface area contributed by atoms with Crippen LogP contribution < -0.4 is 10.2 Å². The number of anilines is 1. The van der Waals surface area contributed by atoms with E-state index in [1.54, 1.807) is 20.8 Å². The lowest BCUT2D eigenvalue weighted by atomic mass is 10.0. The molecule has 0 spiro atoms. The number of carbonyl (C=O) groups excluding carboxylic acids is 1. The molecule has 136 valence electrons. The maximum atomic E-state index is 12.1. The highest BCUT2D eigenvalue weighted by Gasteiger charge is 2.41. The van der Waals surface area contributed by atoms with Crippen LogP contribution in [0.4, 0.5) is 10.6 Å². The highest BCUT2D eigenvalue weighted by atomic mass is 16.6. The molecule has 1 fully saturated rings. The van der Waals surface area contributed by atoms with Crippen molar-refractivity contribution < 1.29 is 14.6 Å². The fraction of sp³-hybridized carbons (Fsp3) is 0.625. The Bertz CT molecular complexity index is 784. The highest BCUT2D eigenvalue weighted by Crippen LogP contribution is 2.31. The maximum absolute atomic E-state index is 12.1. The van der Waals surface area contributed by atoms with Crippen LogP contribution in [0.15, 0.2) is 6.33 Å². The van der Waals surface area contributed by atoms with Crippen molar-refractivity contribution in [2.75, 3.05) is 24.6 Å². The van der Waals surface area contributed by atoms with Gasteiger partial charge in [0.25, 0.3) is 0 Å². The molecule has 25 heavy (non-hydrogen) atoms. The first-order valence-electron chi connectivity index (χ1n) is 8.26. The van der Waals surface area contributed by atoms with Gasteiger partial charge in [0.15, 0.2) is 5.65 Å². The van der Waals surface area contributed by atoms with E-state index in [0.29, 0.717) is 25.2 Å². The lowest BCUT2D eigenvalue weighted by Crippen LogP contribution is -2.54. The van der Waals surface area contributed by atoms with Gasteiger partial charge in [0.2, 0.25) is 0 Å². The molecular weight excluding hydrogens is 324 g/mol. The van der Waals surface area contributed by atoms with Crippen molar-refractivity contribution in [2.24, 2.45) is 0 Å². The molecule has 0 saturated carbocycles. The van der Waals surface area contributed by atoms with E-state index < -0.39 is 17.2 Å². The average molecular weight is 348 g/mol. The standard InChI is InChI=1S/C16H24N6O3/c1-10-11-12(21-20-10)17-9-18-13(11)22-6-5-16(7-22,8-23)19-14(24)25-15(2,3)4/h9,23H,5-8H2,1-4H3,(H,19,24)(H,17,18,20,21). The lowest BCUT2D eigenvalue weighted by Gasteiger charge is -2.30. The molecule has 3 rings (SSSR count). The van der Waals surface area contributed by atoms with Crippen molar-refractivity contribution in [3.05, 3.63) is 12.0 Å². The van der Waals surface area contributed by atoms with Crippen molar-refractivity contribution in [1.82, 2.24) is 25.5 Å². The summed E-state index contributed by atoms with van der Waals surface area (Å²) in [6, 6.07) is 0. The summed E-state index contributed by atoms with van der Waals surface area (Å²) in [5.74, 6) is 0.748. The summed E-state index contributed by atoms with van der Waals surface area (Å²) in [7, 11) is 0. The number of amides is 1. The molecule has 0 aliphatic carbocycles. The summed E-state index contributed by atoms with van der Waals surface area (Å²) < 4.78 is 5.32. The predicted octanol–water partition coefficient (Wildman–Crippen LogP) is 1.13. The number of nitrogens with zero attached hydrogens (tertiary/aromatic N) is 4. The van der Waals surface area contributed by atoms with E-state index in [0.717, 1.165) is 16.9 Å². The minimum atomic E-state index is -0.767. The predicted molar refractivity (Wildman–Crippen MR) is 92.4 cm³/mol. The van der Waals surface area contributed by atoms with E-state index in [-0.39, 0.29) is 6.61 Å². The second-order valence-corrected chi connectivity index (χ2v) is 7.48. The number of carbonyl (C=O) groups is 1. The first-order chi connectivity index (χ1) is 11.7. The Hall–Kier alpha value is -2.42. The van der Waals surface area contributed by atoms with Gasteiger partial charge in [0.1, 0.15) is 17.7 Å². The first-order valence-corrected chi connectivity index (χ1v) is 8.26. The first kappa shape index (κ1) is 17.4. The van der Waals surface area contributed by atoms with E-state index >= 15 is 0 Å². The van der Waals surface area contributed by atoms with E-state index in [1.165, 1.54) is 6.33 Å². The number of H-pyrrole nitrogens is 1. The van der Waals surface area contributed by atoms with Gasteiger partial charge in [0, 0.05) is 18.8 Å². The number of nitrogens with one attached hydrogen (secondary N) is 2. The number of aliphatic hydroxyl groups excluding tert-OH is 1. The average Bonchev–Trinajstić information content (AvgIpc) is 3.10. The third kappa shape index (κ3) is 3.51. The highest BCUT2D eigenvalue weighted by molar-refractivity contribution is 5.89. The van der Waals surface area contributed by atoms with E-state index in [4.69, 9.17) is 4.74 Å². The van der Waals surface area contributed by atoms with Gasteiger partial charge in [-0.25, -0.2) is 14.8 Å². The maximum Gasteiger partial charge on any atom is 0.408 e. The Kier molecular flexibility index (Phi) is 4.28. The summed E-state index contributed by atoms with van der Waals surface area (Å²) in [6.07, 6.45) is 1.53. The third-order valence-electron chi connectivity index (χ3n) is 4.23. The molecule has 1 aliphatic rings. The molecule has 0 bridgehead atoms. The van der Waals surface area contributed by atoms with Crippen LogP contribution in [-0.2, 0) is 4.74 Å². The molecular formula is C16H24N6O3. The zero-order valence-electron chi connectivity index (χ0n) is 15.0. The molecule has 1 amide bonds. The summed E-state index contributed by atoms with van der Waals surface area (Å²) in [5, 5.41) is 20.7. The second-order valence-electron chi connectivity index (χ2n) is 7.48. The molecule has 3 heterocycles. The molecule has 1 unspecified atom stereocenters. The van der Waals surface area contributed by atoms with Gasteiger partial charge < -0.3 is 20.1 Å². The number of aryl methyl sites for hydroxylation is 1. The number of alkyl carbamates (subject to hydrolysis) is 1. The van der Waals surface area contributed by atoms with E-state index in [2.05, 4.69) is 25.5 Å². The van der Waals surface area contributed by atoms with Gasteiger partial charge >= 0.3 is 6.09 Å². The van der Waals surface area contributed by atoms with Crippen molar-refractivity contribution in [3.63, 3.8) is 0 Å². The lowest BCUT2D eigenvalue weighted by molar-refractivity contribution is 0.0417. The Balaban J connectivity index is 1.81. The largest absolute Gasteiger partial charge is 0.444 e. The van der Waals surface area contributed by atoms with Crippen LogP contribution in [0.5, 0.6) is 0 Å². The number of aliphatic hydroxyl groups is 1. The van der Waals surface area contributed by atoms with Crippen LogP contribution in [0, 0.1) is 6.92 Å².